The van der Waals surface area contributed by atoms with Gasteiger partial charge in [-0.15, -0.1) is 11.8 Å². The van der Waals surface area contributed by atoms with Crippen LogP contribution in [-0.4, -0.2) is 22.2 Å². The highest BCUT2D eigenvalue weighted by Gasteiger charge is 2.14. The molecule has 0 aromatic heterocycles. The number of carbonyl (C=O) groups excluding carboxylic acids is 1. The van der Waals surface area contributed by atoms with Gasteiger partial charge >= 0.3 is 5.97 Å². The number of thioether (sulfide) groups is 1. The van der Waals surface area contributed by atoms with Gasteiger partial charge in [0.15, 0.2) is 0 Å². The topological polar surface area (TPSA) is 66.4 Å². The molecule has 1 atom stereocenters. The van der Waals surface area contributed by atoms with Gasteiger partial charge < -0.3 is 10.4 Å². The lowest BCUT2D eigenvalue weighted by Gasteiger charge is -2.12. The Balaban J connectivity index is 1.95. The summed E-state index contributed by atoms with van der Waals surface area (Å²) in [5.74, 6) is -1.15. The standard InChI is InChI=1S/C16H14ClNO3S/c1-10(22-14-8-4-12(17)5-9-14)15(19)18-13-6-2-11(3-7-13)16(20)21/h2-10H,1H3,(H,18,19)(H,20,21). The smallest absolute Gasteiger partial charge is 0.335 e. The van der Waals surface area contributed by atoms with Crippen LogP contribution >= 0.6 is 23.4 Å². The van der Waals surface area contributed by atoms with Crippen LogP contribution in [0.15, 0.2) is 53.4 Å². The van der Waals surface area contributed by atoms with E-state index >= 15 is 0 Å². The first-order valence-corrected chi connectivity index (χ1v) is 7.78. The van der Waals surface area contributed by atoms with Gasteiger partial charge in [-0.1, -0.05) is 11.6 Å². The summed E-state index contributed by atoms with van der Waals surface area (Å²) in [7, 11) is 0. The highest BCUT2D eigenvalue weighted by molar-refractivity contribution is 8.00. The molecule has 0 aliphatic carbocycles. The second-order valence-electron chi connectivity index (χ2n) is 4.59. The molecule has 22 heavy (non-hydrogen) atoms. The summed E-state index contributed by atoms with van der Waals surface area (Å²) in [4.78, 5) is 23.9. The fourth-order valence-corrected chi connectivity index (χ4v) is 2.70. The minimum atomic E-state index is -0.996. The van der Waals surface area contributed by atoms with Crippen molar-refractivity contribution in [3.05, 3.63) is 59.1 Å². The number of hydrogen-bond donors (Lipinski definition) is 2. The summed E-state index contributed by atoms with van der Waals surface area (Å²) in [5, 5.41) is 12.0. The maximum atomic E-state index is 12.1. The van der Waals surface area contributed by atoms with Crippen molar-refractivity contribution in [2.45, 2.75) is 17.1 Å². The predicted octanol–water partition coefficient (Wildman–Crippen LogP) is 4.16. The highest BCUT2D eigenvalue weighted by atomic mass is 35.5. The fraction of sp³-hybridized carbons (Fsp3) is 0.125. The van der Waals surface area contributed by atoms with Crippen molar-refractivity contribution < 1.29 is 14.7 Å². The van der Waals surface area contributed by atoms with Gasteiger partial charge in [-0.05, 0) is 55.5 Å². The molecule has 1 amide bonds. The average Bonchev–Trinajstić information content (AvgIpc) is 2.50. The van der Waals surface area contributed by atoms with E-state index in [-0.39, 0.29) is 16.7 Å². The largest absolute Gasteiger partial charge is 0.478 e. The summed E-state index contributed by atoms with van der Waals surface area (Å²) in [6.07, 6.45) is 0. The number of amides is 1. The summed E-state index contributed by atoms with van der Waals surface area (Å²) in [6.45, 7) is 1.81. The molecule has 0 radical (unpaired) electrons. The molecule has 6 heteroatoms. The maximum Gasteiger partial charge on any atom is 0.335 e. The summed E-state index contributed by atoms with van der Waals surface area (Å²) >= 11 is 7.25. The van der Waals surface area contributed by atoms with Gasteiger partial charge in [0.05, 0.1) is 10.8 Å². The third-order valence-electron chi connectivity index (χ3n) is 2.90. The van der Waals surface area contributed by atoms with Crippen LogP contribution in [0, 0.1) is 0 Å². The Morgan fingerprint density at radius 3 is 2.23 bits per heavy atom. The number of halogens is 1. The first-order chi connectivity index (χ1) is 10.5. The Labute approximate surface area is 137 Å². The number of carboxylic acid groups (broad SMARTS) is 1. The summed E-state index contributed by atoms with van der Waals surface area (Å²) in [5.41, 5.74) is 0.750. The van der Waals surface area contributed by atoms with E-state index in [0.29, 0.717) is 10.7 Å². The SMILES string of the molecule is CC(Sc1ccc(Cl)cc1)C(=O)Nc1ccc(C(=O)O)cc1. The molecule has 1 unspecified atom stereocenters. The quantitative estimate of drug-likeness (QED) is 0.805. The molecule has 114 valence electrons. The zero-order valence-electron chi connectivity index (χ0n) is 11.7. The predicted molar refractivity (Wildman–Crippen MR) is 88.8 cm³/mol. The molecule has 0 fully saturated rings. The number of aromatic carboxylic acids is 1. The Bertz CT molecular complexity index is 671. The number of nitrogens with one attached hydrogen (secondary N) is 1. The van der Waals surface area contributed by atoms with Gasteiger partial charge in [-0.25, -0.2) is 4.79 Å². The van der Waals surface area contributed by atoms with E-state index < -0.39 is 5.97 Å². The minimum absolute atomic E-state index is 0.150. The third-order valence-corrected chi connectivity index (χ3v) is 4.26. The van der Waals surface area contributed by atoms with E-state index in [9.17, 15) is 9.59 Å². The van der Waals surface area contributed by atoms with Crippen LogP contribution in [0.1, 0.15) is 17.3 Å². The van der Waals surface area contributed by atoms with Crippen molar-refractivity contribution >= 4 is 40.9 Å². The number of carboxylic acids is 1. The molecular weight excluding hydrogens is 322 g/mol. The molecule has 2 rings (SSSR count). The van der Waals surface area contributed by atoms with Crippen LogP contribution < -0.4 is 5.32 Å². The Morgan fingerprint density at radius 2 is 1.68 bits per heavy atom. The molecule has 0 spiro atoms. The maximum absolute atomic E-state index is 12.1. The Hall–Kier alpha value is -1.98. The number of benzene rings is 2. The molecule has 2 aromatic rings. The minimum Gasteiger partial charge on any atom is -0.478 e. The van der Waals surface area contributed by atoms with Crippen LogP contribution in [0.5, 0.6) is 0 Å². The van der Waals surface area contributed by atoms with Gasteiger partial charge in [0, 0.05) is 15.6 Å². The van der Waals surface area contributed by atoms with Gasteiger partial charge in [-0.3, -0.25) is 4.79 Å². The molecule has 0 heterocycles. The van der Waals surface area contributed by atoms with E-state index in [1.165, 1.54) is 23.9 Å². The number of rotatable bonds is 5. The highest BCUT2D eigenvalue weighted by Crippen LogP contribution is 2.25. The van der Waals surface area contributed by atoms with Crippen LogP contribution in [0.3, 0.4) is 0 Å². The van der Waals surface area contributed by atoms with Crippen LogP contribution in [0.2, 0.25) is 5.02 Å². The zero-order valence-corrected chi connectivity index (χ0v) is 13.3. The first kappa shape index (κ1) is 16.4. The van der Waals surface area contributed by atoms with Gasteiger partial charge in [0.1, 0.15) is 0 Å². The van der Waals surface area contributed by atoms with E-state index in [1.807, 2.05) is 12.1 Å². The van der Waals surface area contributed by atoms with Crippen molar-refractivity contribution in [3.63, 3.8) is 0 Å². The molecule has 0 bridgehead atoms. The Kier molecular flexibility index (Phi) is 5.46. The normalized spacial score (nSPS) is 11.7. The molecule has 0 saturated heterocycles. The third kappa shape index (κ3) is 4.51. The van der Waals surface area contributed by atoms with E-state index in [4.69, 9.17) is 16.7 Å². The van der Waals surface area contributed by atoms with Crippen molar-refractivity contribution in [1.29, 1.82) is 0 Å². The zero-order chi connectivity index (χ0) is 16.1. The van der Waals surface area contributed by atoms with Crippen molar-refractivity contribution in [2.24, 2.45) is 0 Å². The lowest BCUT2D eigenvalue weighted by molar-refractivity contribution is -0.115. The van der Waals surface area contributed by atoms with E-state index in [1.54, 1.807) is 31.2 Å². The van der Waals surface area contributed by atoms with Crippen LogP contribution in [0.25, 0.3) is 0 Å². The summed E-state index contributed by atoms with van der Waals surface area (Å²) in [6, 6.07) is 13.3. The lowest BCUT2D eigenvalue weighted by Crippen LogP contribution is -2.22. The molecule has 0 aliphatic rings. The number of hydrogen-bond acceptors (Lipinski definition) is 3. The lowest BCUT2D eigenvalue weighted by atomic mass is 10.2. The molecule has 2 N–H and O–H groups in total. The van der Waals surface area contributed by atoms with Crippen molar-refractivity contribution in [3.8, 4) is 0 Å². The van der Waals surface area contributed by atoms with E-state index in [0.717, 1.165) is 4.90 Å². The monoisotopic (exact) mass is 335 g/mol. The van der Waals surface area contributed by atoms with Gasteiger partial charge in [0.2, 0.25) is 5.91 Å². The summed E-state index contributed by atoms with van der Waals surface area (Å²) < 4.78 is 0. The average molecular weight is 336 g/mol. The number of carbonyl (C=O) groups is 2. The second-order valence-corrected chi connectivity index (χ2v) is 6.44. The number of anilines is 1. The first-order valence-electron chi connectivity index (χ1n) is 6.52. The van der Waals surface area contributed by atoms with Crippen LogP contribution in [-0.2, 0) is 4.79 Å². The fourth-order valence-electron chi connectivity index (χ4n) is 1.71. The molecular formula is C16H14ClNO3S. The molecule has 0 aliphatic heterocycles. The van der Waals surface area contributed by atoms with Crippen molar-refractivity contribution in [1.82, 2.24) is 0 Å². The molecule has 4 nitrogen and oxygen atoms in total. The van der Waals surface area contributed by atoms with Gasteiger partial charge in [-0.2, -0.15) is 0 Å². The van der Waals surface area contributed by atoms with Gasteiger partial charge in [0.25, 0.3) is 0 Å². The van der Waals surface area contributed by atoms with Crippen molar-refractivity contribution in [2.75, 3.05) is 5.32 Å². The molecule has 2 aromatic carbocycles. The second kappa shape index (κ2) is 7.33. The van der Waals surface area contributed by atoms with E-state index in [2.05, 4.69) is 5.32 Å². The van der Waals surface area contributed by atoms with Crippen LogP contribution in [0.4, 0.5) is 5.69 Å². The molecule has 0 saturated carbocycles. The Morgan fingerprint density at radius 1 is 1.09 bits per heavy atom.